The van der Waals surface area contributed by atoms with Gasteiger partial charge in [0, 0.05) is 42.0 Å². The van der Waals surface area contributed by atoms with Crippen LogP contribution in [0.4, 0.5) is 0 Å². The molecule has 3 heterocycles. The summed E-state index contributed by atoms with van der Waals surface area (Å²) in [6.45, 7) is 4.59. The van der Waals surface area contributed by atoms with E-state index in [1.54, 1.807) is 36.7 Å². The van der Waals surface area contributed by atoms with E-state index in [1.807, 2.05) is 13.8 Å². The van der Waals surface area contributed by atoms with Crippen LogP contribution in [-0.4, -0.2) is 53.0 Å². The summed E-state index contributed by atoms with van der Waals surface area (Å²) >= 11 is 6.14. The number of carbonyl (C=O) groups is 2. The topological polar surface area (TPSA) is 102 Å². The van der Waals surface area contributed by atoms with Gasteiger partial charge in [-0.1, -0.05) is 17.7 Å². The van der Waals surface area contributed by atoms with E-state index in [2.05, 4.69) is 4.98 Å². The van der Waals surface area contributed by atoms with E-state index < -0.39 is 23.5 Å². The first-order chi connectivity index (χ1) is 16.3. The number of fused-ring (bicyclic) bond motifs is 1. The second-order valence-electron chi connectivity index (χ2n) is 8.19. The van der Waals surface area contributed by atoms with E-state index in [0.29, 0.717) is 40.3 Å². The standard InChI is InChI=1S/C25H25ClN2O6/c1-14(2)33-9-5-8-28-21(15-6-4-7-27-13-15)20(23(30)25(28)31)22(29)18-11-16-10-17(26)12-19(32-3)24(16)34-18/h4,6-7,10-14,21,30H,5,8-9H2,1-3H3. The van der Waals surface area contributed by atoms with Crippen molar-refractivity contribution in [2.75, 3.05) is 20.3 Å². The molecule has 2 aromatic heterocycles. The quantitative estimate of drug-likeness (QED) is 0.341. The first-order valence-corrected chi connectivity index (χ1v) is 11.3. The van der Waals surface area contributed by atoms with Crippen LogP contribution >= 0.6 is 11.6 Å². The molecule has 1 atom stereocenters. The van der Waals surface area contributed by atoms with E-state index in [0.717, 1.165) is 0 Å². The van der Waals surface area contributed by atoms with E-state index in [-0.39, 0.29) is 24.0 Å². The number of aromatic nitrogens is 1. The van der Waals surface area contributed by atoms with E-state index in [1.165, 1.54) is 18.1 Å². The first-order valence-electron chi connectivity index (χ1n) is 10.9. The molecule has 8 nitrogen and oxygen atoms in total. The van der Waals surface area contributed by atoms with Gasteiger partial charge in [0.25, 0.3) is 5.91 Å². The van der Waals surface area contributed by atoms with Crippen LogP contribution in [0.1, 0.15) is 42.4 Å². The maximum atomic E-state index is 13.6. The average molecular weight is 485 g/mol. The predicted molar refractivity (Wildman–Crippen MR) is 126 cm³/mol. The summed E-state index contributed by atoms with van der Waals surface area (Å²) in [6, 6.07) is 7.41. The largest absolute Gasteiger partial charge is 0.503 e. The van der Waals surface area contributed by atoms with Crippen molar-refractivity contribution >= 4 is 34.3 Å². The SMILES string of the molecule is COc1cc(Cl)cc2cc(C(=O)C3=C(O)C(=O)N(CCCOC(C)C)C3c3cccnc3)oc12. The molecule has 9 heteroatoms. The Hall–Kier alpha value is -3.36. The Morgan fingerprint density at radius 3 is 2.79 bits per heavy atom. The molecular weight excluding hydrogens is 460 g/mol. The first kappa shape index (κ1) is 23.8. The van der Waals surface area contributed by atoms with Gasteiger partial charge >= 0.3 is 0 Å². The molecule has 0 bridgehead atoms. The van der Waals surface area contributed by atoms with Crippen molar-refractivity contribution in [3.05, 3.63) is 70.4 Å². The number of carbonyl (C=O) groups excluding carboxylic acids is 2. The smallest absolute Gasteiger partial charge is 0.290 e. The van der Waals surface area contributed by atoms with Crippen LogP contribution in [0.15, 0.2) is 58.5 Å². The lowest BCUT2D eigenvalue weighted by molar-refractivity contribution is -0.129. The van der Waals surface area contributed by atoms with Crippen molar-refractivity contribution in [2.45, 2.75) is 32.4 Å². The zero-order valence-corrected chi connectivity index (χ0v) is 19.8. The Balaban J connectivity index is 1.72. The van der Waals surface area contributed by atoms with Gasteiger partial charge in [0.05, 0.1) is 24.8 Å². The molecule has 1 aliphatic rings. The van der Waals surface area contributed by atoms with Gasteiger partial charge in [-0.3, -0.25) is 14.6 Å². The molecule has 0 radical (unpaired) electrons. The number of methoxy groups -OCH3 is 1. The number of amides is 1. The summed E-state index contributed by atoms with van der Waals surface area (Å²) in [4.78, 5) is 32.2. The second kappa shape index (κ2) is 9.87. The van der Waals surface area contributed by atoms with Gasteiger partial charge in [-0.25, -0.2) is 0 Å². The van der Waals surface area contributed by atoms with Crippen LogP contribution in [0.5, 0.6) is 5.75 Å². The fraction of sp³-hybridized carbons (Fsp3) is 0.320. The van der Waals surface area contributed by atoms with Crippen molar-refractivity contribution in [3.63, 3.8) is 0 Å². The lowest BCUT2D eigenvalue weighted by atomic mass is 9.96. The molecule has 0 aliphatic carbocycles. The van der Waals surface area contributed by atoms with Crippen molar-refractivity contribution in [2.24, 2.45) is 0 Å². The number of aliphatic hydroxyl groups excluding tert-OH is 1. The number of benzene rings is 1. The van der Waals surface area contributed by atoms with Crippen molar-refractivity contribution < 1.29 is 28.6 Å². The van der Waals surface area contributed by atoms with Gasteiger partial charge < -0.3 is 23.9 Å². The molecule has 1 amide bonds. The van der Waals surface area contributed by atoms with Gasteiger partial charge in [-0.05, 0) is 44.0 Å². The third kappa shape index (κ3) is 4.51. The minimum atomic E-state index is -0.813. The van der Waals surface area contributed by atoms with Gasteiger partial charge in [0.15, 0.2) is 22.9 Å². The van der Waals surface area contributed by atoms with Crippen LogP contribution in [0.3, 0.4) is 0 Å². The highest BCUT2D eigenvalue weighted by Crippen LogP contribution is 2.40. The fourth-order valence-electron chi connectivity index (χ4n) is 4.04. The Labute approximate surface area is 201 Å². The lowest BCUT2D eigenvalue weighted by Gasteiger charge is -2.26. The molecule has 34 heavy (non-hydrogen) atoms. The maximum Gasteiger partial charge on any atom is 0.290 e. The number of nitrogens with zero attached hydrogens (tertiary/aromatic N) is 2. The molecule has 1 unspecified atom stereocenters. The van der Waals surface area contributed by atoms with Gasteiger partial charge in [-0.2, -0.15) is 0 Å². The maximum absolute atomic E-state index is 13.6. The summed E-state index contributed by atoms with van der Waals surface area (Å²) in [5, 5.41) is 11.8. The number of aliphatic hydroxyl groups is 1. The number of Topliss-reactive ketones (excluding diaryl/α,β-unsaturated/α-hetero) is 1. The third-order valence-electron chi connectivity index (χ3n) is 5.53. The van der Waals surface area contributed by atoms with E-state index in [9.17, 15) is 14.7 Å². The predicted octanol–water partition coefficient (Wildman–Crippen LogP) is 4.88. The Morgan fingerprint density at radius 2 is 2.12 bits per heavy atom. The molecule has 4 rings (SSSR count). The van der Waals surface area contributed by atoms with E-state index in [4.69, 9.17) is 25.5 Å². The summed E-state index contributed by atoms with van der Waals surface area (Å²) in [5.41, 5.74) is 0.886. The summed E-state index contributed by atoms with van der Waals surface area (Å²) < 4.78 is 16.7. The molecule has 178 valence electrons. The Kier molecular flexibility index (Phi) is 6.90. The molecular formula is C25H25ClN2O6. The van der Waals surface area contributed by atoms with Gasteiger partial charge in [0.2, 0.25) is 5.78 Å². The number of hydrogen-bond donors (Lipinski definition) is 1. The average Bonchev–Trinajstić information content (AvgIpc) is 3.35. The number of ether oxygens (including phenoxy) is 2. The van der Waals surface area contributed by atoms with Crippen LogP contribution in [-0.2, 0) is 9.53 Å². The van der Waals surface area contributed by atoms with Crippen LogP contribution in [0.2, 0.25) is 5.02 Å². The number of ketones is 1. The monoisotopic (exact) mass is 484 g/mol. The van der Waals surface area contributed by atoms with Crippen molar-refractivity contribution in [1.29, 1.82) is 0 Å². The van der Waals surface area contributed by atoms with Crippen molar-refractivity contribution in [3.8, 4) is 5.75 Å². The Morgan fingerprint density at radius 1 is 1.32 bits per heavy atom. The highest BCUT2D eigenvalue weighted by molar-refractivity contribution is 6.31. The summed E-state index contributed by atoms with van der Waals surface area (Å²) in [7, 11) is 1.47. The van der Waals surface area contributed by atoms with Crippen LogP contribution < -0.4 is 4.74 Å². The molecule has 3 aromatic rings. The number of pyridine rings is 1. The third-order valence-corrected chi connectivity index (χ3v) is 5.75. The Bertz CT molecular complexity index is 1250. The van der Waals surface area contributed by atoms with E-state index >= 15 is 0 Å². The summed E-state index contributed by atoms with van der Waals surface area (Å²) in [6.07, 6.45) is 3.77. The summed E-state index contributed by atoms with van der Waals surface area (Å²) in [5.74, 6) is -1.50. The van der Waals surface area contributed by atoms with Crippen molar-refractivity contribution in [1.82, 2.24) is 9.88 Å². The molecule has 0 fully saturated rings. The molecule has 1 aliphatic heterocycles. The molecule has 0 saturated carbocycles. The highest BCUT2D eigenvalue weighted by atomic mass is 35.5. The normalized spacial score (nSPS) is 16.2. The second-order valence-corrected chi connectivity index (χ2v) is 8.63. The number of hydrogen-bond acceptors (Lipinski definition) is 7. The minimum Gasteiger partial charge on any atom is -0.503 e. The molecule has 0 saturated heterocycles. The zero-order valence-electron chi connectivity index (χ0n) is 19.1. The van der Waals surface area contributed by atoms with Gasteiger partial charge in [0.1, 0.15) is 0 Å². The van der Waals surface area contributed by atoms with Crippen LogP contribution in [0.25, 0.3) is 11.0 Å². The fourth-order valence-corrected chi connectivity index (χ4v) is 4.25. The van der Waals surface area contributed by atoms with Crippen LogP contribution in [0, 0.1) is 0 Å². The zero-order chi connectivity index (χ0) is 24.4. The number of furan rings is 1. The molecule has 1 N–H and O–H groups in total. The molecule has 0 spiro atoms. The van der Waals surface area contributed by atoms with Gasteiger partial charge in [-0.15, -0.1) is 0 Å². The minimum absolute atomic E-state index is 0.0381. The highest BCUT2D eigenvalue weighted by Gasteiger charge is 2.44. The molecule has 1 aromatic carbocycles. The number of halogens is 1. The lowest BCUT2D eigenvalue weighted by Crippen LogP contribution is -2.32. The number of rotatable bonds is 9.